The van der Waals surface area contributed by atoms with Gasteiger partial charge < -0.3 is 18.9 Å². The molecule has 10 aromatic rings. The minimum atomic E-state index is -0.141. The number of benzene rings is 10. The van der Waals surface area contributed by atoms with Crippen molar-refractivity contribution < 1.29 is 18.9 Å². The fourth-order valence-corrected chi connectivity index (χ4v) is 11.1. The van der Waals surface area contributed by atoms with Gasteiger partial charge in [0, 0.05) is 34.8 Å². The topological polar surface area (TPSA) is 25.9 Å². The molecule has 1 unspecified atom stereocenters. The van der Waals surface area contributed by atoms with Crippen LogP contribution in [0.1, 0.15) is 90.4 Å². The molecular weight excluding hydrogens is 889 g/mol. The van der Waals surface area contributed by atoms with Gasteiger partial charge in [-0.3, -0.25) is 0 Å². The SMILES string of the molecule is COc1cc(C(c2ccccc2)c2ccccc2)c([N+]2=C[CH-][NH+](c3c(C(c4ccccc4)c4ccccc4)cc(OC)cc3C(c3ccccc3)c3ccccc3)[CH-]2)c(C(c2ccccc2)c2ccccc2)c1. The summed E-state index contributed by atoms with van der Waals surface area (Å²) in [7, 11) is 3.58. The van der Waals surface area contributed by atoms with Crippen molar-refractivity contribution in [3.8, 4) is 11.5 Å². The normalized spacial score (nSPS) is 13.2. The summed E-state index contributed by atoms with van der Waals surface area (Å²) < 4.78 is 15.1. The highest BCUT2D eigenvalue weighted by Crippen LogP contribution is 2.48. The number of rotatable bonds is 16. The van der Waals surface area contributed by atoms with Crippen LogP contribution in [0.5, 0.6) is 11.5 Å². The maximum atomic E-state index is 6.36. The van der Waals surface area contributed by atoms with E-state index in [2.05, 4.69) is 291 Å². The fourth-order valence-electron chi connectivity index (χ4n) is 11.1. The molecule has 1 aliphatic rings. The average molecular weight is 947 g/mol. The van der Waals surface area contributed by atoms with Crippen molar-refractivity contribution in [1.82, 2.24) is 0 Å². The second kappa shape index (κ2) is 21.7. The van der Waals surface area contributed by atoms with E-state index in [1.165, 1.54) is 44.5 Å². The predicted molar refractivity (Wildman–Crippen MR) is 297 cm³/mol. The number of methoxy groups -OCH3 is 2. The summed E-state index contributed by atoms with van der Waals surface area (Å²) in [4.78, 5) is 1.10. The Labute approximate surface area is 430 Å². The molecule has 356 valence electrons. The molecule has 0 bridgehead atoms. The van der Waals surface area contributed by atoms with Gasteiger partial charge in [-0.05, 0) is 86.1 Å². The molecule has 0 radical (unpaired) electrons. The minimum absolute atomic E-state index is 0.130. The van der Waals surface area contributed by atoms with Crippen LogP contribution in [0.15, 0.2) is 267 Å². The van der Waals surface area contributed by atoms with Gasteiger partial charge in [0.25, 0.3) is 0 Å². The highest BCUT2D eigenvalue weighted by molar-refractivity contribution is 5.71. The third-order valence-electron chi connectivity index (χ3n) is 14.3. The molecule has 1 atom stereocenters. The molecule has 0 saturated carbocycles. The number of hydrogen-bond donors (Lipinski definition) is 1. The lowest BCUT2D eigenvalue weighted by atomic mass is 9.78. The first-order valence-electron chi connectivity index (χ1n) is 25.2. The lowest BCUT2D eigenvalue weighted by molar-refractivity contribution is -0.813. The van der Waals surface area contributed by atoms with Crippen LogP contribution in [0.3, 0.4) is 0 Å². The van der Waals surface area contributed by atoms with E-state index in [-0.39, 0.29) is 23.7 Å². The van der Waals surface area contributed by atoms with E-state index in [4.69, 9.17) is 9.47 Å². The number of ether oxygens (including phenoxy) is 2. The summed E-state index contributed by atoms with van der Waals surface area (Å²) in [6, 6.07) is 96.4. The third kappa shape index (κ3) is 9.69. The third-order valence-corrected chi connectivity index (χ3v) is 14.3. The maximum Gasteiger partial charge on any atom is 0.214 e. The van der Waals surface area contributed by atoms with Crippen LogP contribution in [0.2, 0.25) is 0 Å². The maximum absolute atomic E-state index is 6.36. The lowest BCUT2D eigenvalue weighted by Crippen LogP contribution is -3.01. The number of nitrogens with one attached hydrogen (secondary N) is 1. The molecule has 0 aliphatic carbocycles. The van der Waals surface area contributed by atoms with Gasteiger partial charge in [-0.25, -0.2) is 0 Å². The van der Waals surface area contributed by atoms with Crippen molar-refractivity contribution in [1.29, 1.82) is 0 Å². The molecule has 0 aromatic heterocycles. The van der Waals surface area contributed by atoms with Gasteiger partial charge in [-0.1, -0.05) is 243 Å². The van der Waals surface area contributed by atoms with Crippen molar-refractivity contribution in [3.63, 3.8) is 0 Å². The number of hydrogen-bond acceptors (Lipinski definition) is 2. The van der Waals surface area contributed by atoms with Crippen LogP contribution in [0.4, 0.5) is 11.4 Å². The van der Waals surface area contributed by atoms with E-state index in [9.17, 15) is 0 Å². The monoisotopic (exact) mass is 946 g/mol. The van der Waals surface area contributed by atoms with Gasteiger partial charge in [0.1, 0.15) is 22.9 Å². The molecule has 73 heavy (non-hydrogen) atoms. The second-order valence-electron chi connectivity index (χ2n) is 18.7. The van der Waals surface area contributed by atoms with Crippen molar-refractivity contribution in [2.45, 2.75) is 23.7 Å². The molecule has 11 rings (SSSR count). The highest BCUT2D eigenvalue weighted by atomic mass is 16.5. The molecule has 1 N–H and O–H groups in total. The zero-order valence-corrected chi connectivity index (χ0v) is 41.2. The molecular formula is C69H58N2O2. The summed E-state index contributed by atoms with van der Waals surface area (Å²) in [6.07, 6.45) is 2.28. The first kappa shape index (κ1) is 46.5. The summed E-state index contributed by atoms with van der Waals surface area (Å²) in [6.45, 7) is 4.70. The summed E-state index contributed by atoms with van der Waals surface area (Å²) in [5, 5.41) is 0. The Kier molecular flexibility index (Phi) is 13.8. The van der Waals surface area contributed by atoms with Gasteiger partial charge in [-0.2, -0.15) is 6.54 Å². The molecule has 4 nitrogen and oxygen atoms in total. The van der Waals surface area contributed by atoms with Gasteiger partial charge in [0.2, 0.25) is 6.67 Å². The van der Waals surface area contributed by atoms with Gasteiger partial charge in [-0.15, -0.1) is 0 Å². The van der Waals surface area contributed by atoms with Crippen LogP contribution < -0.4 is 14.4 Å². The van der Waals surface area contributed by atoms with Crippen LogP contribution in [0, 0.1) is 13.2 Å². The molecule has 10 aromatic carbocycles. The van der Waals surface area contributed by atoms with Crippen LogP contribution in [0.25, 0.3) is 0 Å². The molecule has 0 saturated heterocycles. The summed E-state index contributed by atoms with van der Waals surface area (Å²) >= 11 is 0. The van der Waals surface area contributed by atoms with E-state index in [1.807, 2.05) is 0 Å². The Bertz CT molecular complexity index is 3040. The summed E-state index contributed by atoms with van der Waals surface area (Å²) in [5.41, 5.74) is 16.4. The quantitative estimate of drug-likeness (QED) is 0.0593. The Hall–Kier alpha value is -8.83. The summed E-state index contributed by atoms with van der Waals surface area (Å²) in [5.74, 6) is 1.07. The average Bonchev–Trinajstić information content (AvgIpc) is 3.95. The van der Waals surface area contributed by atoms with Crippen molar-refractivity contribution >= 4 is 17.6 Å². The van der Waals surface area contributed by atoms with Crippen molar-refractivity contribution in [2.75, 3.05) is 14.2 Å². The second-order valence-corrected chi connectivity index (χ2v) is 18.7. The molecule has 4 heteroatoms. The molecule has 0 fully saturated rings. The molecule has 0 amide bonds. The molecule has 0 spiro atoms. The van der Waals surface area contributed by atoms with Gasteiger partial charge in [0.05, 0.1) is 14.2 Å². The van der Waals surface area contributed by atoms with Gasteiger partial charge >= 0.3 is 0 Å². The zero-order valence-electron chi connectivity index (χ0n) is 41.2. The Balaban J connectivity index is 1.19. The number of quaternary nitrogens is 1. The van der Waals surface area contributed by atoms with Crippen LogP contribution in [-0.4, -0.2) is 25.0 Å². The van der Waals surface area contributed by atoms with Crippen molar-refractivity contribution in [2.24, 2.45) is 0 Å². The van der Waals surface area contributed by atoms with E-state index in [0.717, 1.165) is 50.0 Å². The molecule has 1 heterocycles. The van der Waals surface area contributed by atoms with Gasteiger partial charge in [0.15, 0.2) is 0 Å². The Morgan fingerprint density at radius 1 is 0.329 bits per heavy atom. The van der Waals surface area contributed by atoms with Crippen LogP contribution >= 0.6 is 0 Å². The zero-order chi connectivity index (χ0) is 49.3. The number of nitrogens with zero attached hydrogens (tertiary/aromatic N) is 1. The lowest BCUT2D eigenvalue weighted by Gasteiger charge is -2.33. The standard InChI is InChI=1S/C69H58N2O2/c1-72-58-45-60(64(50-27-11-3-12-28-50)51-29-13-4-14-30-51)68(61(46-58)65(52-31-15-5-16-32-52)53-33-17-6-18-34-53)70-43-44-71(49-70)69-62(66(54-35-19-7-20-36-54)55-37-21-8-22-38-55)47-59(73-2)48-63(69)67(56-39-23-9-24-40-56)57-41-25-10-26-42-57/h3-49,64-67,70H,1-2H3. The Morgan fingerprint density at radius 3 is 0.808 bits per heavy atom. The minimum Gasteiger partial charge on any atom is -0.497 e. The van der Waals surface area contributed by atoms with Crippen molar-refractivity contribution in [3.05, 3.63) is 347 Å². The van der Waals surface area contributed by atoms with Crippen LogP contribution in [-0.2, 0) is 0 Å². The van der Waals surface area contributed by atoms with E-state index in [1.54, 1.807) is 14.2 Å². The first-order chi connectivity index (χ1) is 36.2. The first-order valence-corrected chi connectivity index (χ1v) is 25.2. The smallest absolute Gasteiger partial charge is 0.214 e. The fraction of sp³-hybridized carbons (Fsp3) is 0.0870. The Morgan fingerprint density at radius 2 is 0.562 bits per heavy atom. The largest absolute Gasteiger partial charge is 0.497 e. The van der Waals surface area contributed by atoms with E-state index in [0.29, 0.717) is 0 Å². The predicted octanol–water partition coefficient (Wildman–Crippen LogP) is 14.7. The molecule has 1 aliphatic heterocycles. The van der Waals surface area contributed by atoms with E-state index < -0.39 is 0 Å². The highest BCUT2D eigenvalue weighted by Gasteiger charge is 2.36. The van der Waals surface area contributed by atoms with E-state index >= 15 is 0 Å².